The normalized spacial score (nSPS) is 17.0. The molecule has 0 bridgehead atoms. The van der Waals surface area contributed by atoms with E-state index in [4.69, 9.17) is 10.3 Å². The Hall–Kier alpha value is -2.97. The maximum absolute atomic E-state index is 11.2. The second kappa shape index (κ2) is 7.95. The van der Waals surface area contributed by atoms with Crippen molar-refractivity contribution in [2.75, 3.05) is 11.1 Å². The fraction of sp³-hybridized carbons (Fsp3) is 0.200. The fourth-order valence-corrected chi connectivity index (χ4v) is 3.44. The van der Waals surface area contributed by atoms with Crippen molar-refractivity contribution < 1.29 is 13.0 Å². The maximum atomic E-state index is 11.2. The van der Waals surface area contributed by atoms with Crippen molar-refractivity contribution in [1.82, 2.24) is 0 Å². The minimum Gasteiger partial charge on any atom is -0.399 e. The average Bonchev–Trinajstić information content (AvgIpc) is 2.62. The van der Waals surface area contributed by atoms with E-state index in [1.165, 1.54) is 6.08 Å². The smallest absolute Gasteiger partial charge is 0.271 e. The van der Waals surface area contributed by atoms with Crippen LogP contribution < -0.4 is 11.1 Å². The topological polar surface area (TPSA) is 117 Å². The first-order chi connectivity index (χ1) is 13.2. The number of anilines is 2. The van der Waals surface area contributed by atoms with Gasteiger partial charge in [0.25, 0.3) is 10.1 Å². The van der Waals surface area contributed by atoms with Crippen LogP contribution in [0.5, 0.6) is 0 Å². The van der Waals surface area contributed by atoms with Gasteiger partial charge < -0.3 is 11.1 Å². The molecule has 0 saturated heterocycles. The number of rotatable bonds is 5. The molecule has 146 valence electrons. The van der Waals surface area contributed by atoms with Crippen molar-refractivity contribution in [2.45, 2.75) is 25.5 Å². The summed E-state index contributed by atoms with van der Waals surface area (Å²) < 4.78 is 31.4. The highest BCUT2D eigenvalue weighted by molar-refractivity contribution is 7.86. The van der Waals surface area contributed by atoms with Crippen molar-refractivity contribution in [3.8, 4) is 0 Å². The van der Waals surface area contributed by atoms with Gasteiger partial charge in [0, 0.05) is 17.1 Å². The Morgan fingerprint density at radius 2 is 1.71 bits per heavy atom. The second-order valence-corrected chi connectivity index (χ2v) is 8.32. The number of allylic oxidation sites excluding steroid dienone is 2. The summed E-state index contributed by atoms with van der Waals surface area (Å²) in [4.78, 5) is 0. The summed E-state index contributed by atoms with van der Waals surface area (Å²) in [5.41, 5.74) is 11.5. The number of nitrogens with one attached hydrogen (secondary N) is 1. The number of hydrogen-bond acceptors (Lipinski definition) is 6. The minimum atomic E-state index is -4.06. The van der Waals surface area contributed by atoms with Crippen LogP contribution in [0, 0.1) is 13.8 Å². The molecule has 0 heterocycles. The monoisotopic (exact) mass is 398 g/mol. The lowest BCUT2D eigenvalue weighted by atomic mass is 10.1. The van der Waals surface area contributed by atoms with Gasteiger partial charge in [-0.1, -0.05) is 12.2 Å². The van der Waals surface area contributed by atoms with Crippen LogP contribution in [0.15, 0.2) is 70.6 Å². The van der Waals surface area contributed by atoms with E-state index in [0.717, 1.165) is 33.9 Å². The molecule has 28 heavy (non-hydrogen) atoms. The van der Waals surface area contributed by atoms with Gasteiger partial charge >= 0.3 is 0 Å². The van der Waals surface area contributed by atoms with E-state index in [1.807, 2.05) is 44.2 Å². The molecule has 3 rings (SSSR count). The number of nitrogens with two attached hydrogens (primary N) is 1. The number of benzene rings is 2. The molecule has 0 spiro atoms. The molecular formula is C20H22N4O3S. The van der Waals surface area contributed by atoms with Crippen molar-refractivity contribution >= 4 is 32.9 Å². The van der Waals surface area contributed by atoms with Crippen LogP contribution in [0.25, 0.3) is 0 Å². The zero-order valence-electron chi connectivity index (χ0n) is 15.6. The number of nitrogens with zero attached hydrogens (tertiary/aromatic N) is 2. The van der Waals surface area contributed by atoms with Crippen LogP contribution in [0.3, 0.4) is 0 Å². The first-order valence-electron chi connectivity index (χ1n) is 8.72. The highest BCUT2D eigenvalue weighted by Gasteiger charge is 2.21. The molecule has 0 radical (unpaired) electrons. The van der Waals surface area contributed by atoms with Crippen LogP contribution in [-0.2, 0) is 10.1 Å². The van der Waals surface area contributed by atoms with Gasteiger partial charge in [-0.3, -0.25) is 4.55 Å². The zero-order chi connectivity index (χ0) is 20.3. The Morgan fingerprint density at radius 1 is 1.07 bits per heavy atom. The summed E-state index contributed by atoms with van der Waals surface area (Å²) in [6.07, 6.45) is 5.09. The highest BCUT2D eigenvalue weighted by atomic mass is 32.2. The molecule has 1 atom stereocenters. The minimum absolute atomic E-state index is 0.226. The van der Waals surface area contributed by atoms with E-state index >= 15 is 0 Å². The Labute approximate surface area is 164 Å². The highest BCUT2D eigenvalue weighted by Crippen LogP contribution is 2.28. The standard InChI is InChI=1S/C20H22N4O3S/c1-13-11-15(21)3-9-19(13)23-24-20-10-6-17(12-14(20)2)22-16-4-7-18(8-5-16)28(25,26)27/h3-7,9-12,18,22H,8,21H2,1-2H3,(H,25,26,27). The van der Waals surface area contributed by atoms with Gasteiger partial charge in [-0.05, 0) is 73.9 Å². The van der Waals surface area contributed by atoms with E-state index in [9.17, 15) is 8.42 Å². The molecule has 4 N–H and O–H groups in total. The predicted octanol–water partition coefficient (Wildman–Crippen LogP) is 4.81. The summed E-state index contributed by atoms with van der Waals surface area (Å²) in [6.45, 7) is 3.87. The van der Waals surface area contributed by atoms with Gasteiger partial charge in [-0.25, -0.2) is 0 Å². The molecule has 1 unspecified atom stereocenters. The van der Waals surface area contributed by atoms with Gasteiger partial charge in [0.15, 0.2) is 0 Å². The SMILES string of the molecule is Cc1cc(N)ccc1N=Nc1ccc(NC2=CCC(S(=O)(=O)O)C=C2)cc1C. The van der Waals surface area contributed by atoms with Crippen molar-refractivity contribution in [3.05, 3.63) is 71.5 Å². The van der Waals surface area contributed by atoms with Crippen LogP contribution in [0.1, 0.15) is 17.5 Å². The molecule has 8 heteroatoms. The molecule has 1 aliphatic carbocycles. The van der Waals surface area contributed by atoms with E-state index in [1.54, 1.807) is 18.2 Å². The number of aryl methyl sites for hydroxylation is 2. The third kappa shape index (κ3) is 4.85. The van der Waals surface area contributed by atoms with Crippen molar-refractivity contribution in [3.63, 3.8) is 0 Å². The second-order valence-electron chi connectivity index (χ2n) is 6.68. The van der Waals surface area contributed by atoms with Crippen LogP contribution in [0.2, 0.25) is 0 Å². The Kier molecular flexibility index (Phi) is 5.62. The summed E-state index contributed by atoms with van der Waals surface area (Å²) >= 11 is 0. The van der Waals surface area contributed by atoms with Crippen molar-refractivity contribution in [2.24, 2.45) is 10.2 Å². The molecule has 0 amide bonds. The van der Waals surface area contributed by atoms with Gasteiger partial charge in [0.05, 0.1) is 11.4 Å². The lowest BCUT2D eigenvalue weighted by Crippen LogP contribution is -2.19. The van der Waals surface area contributed by atoms with Crippen LogP contribution in [0.4, 0.5) is 22.7 Å². The molecule has 0 fully saturated rings. The third-order valence-electron chi connectivity index (χ3n) is 4.41. The van der Waals surface area contributed by atoms with Gasteiger partial charge in [-0.2, -0.15) is 18.6 Å². The lowest BCUT2D eigenvalue weighted by molar-refractivity contribution is 0.474. The molecule has 0 aliphatic heterocycles. The van der Waals surface area contributed by atoms with E-state index < -0.39 is 15.4 Å². The van der Waals surface area contributed by atoms with Crippen LogP contribution >= 0.6 is 0 Å². The largest absolute Gasteiger partial charge is 0.399 e. The van der Waals surface area contributed by atoms with Crippen LogP contribution in [-0.4, -0.2) is 18.2 Å². The maximum Gasteiger partial charge on any atom is 0.271 e. The van der Waals surface area contributed by atoms with Gasteiger partial charge in [-0.15, -0.1) is 0 Å². The van der Waals surface area contributed by atoms with Gasteiger partial charge in [0.1, 0.15) is 5.25 Å². The Morgan fingerprint density at radius 3 is 2.25 bits per heavy atom. The number of hydrogen-bond donors (Lipinski definition) is 3. The molecule has 2 aromatic rings. The molecule has 0 saturated carbocycles. The van der Waals surface area contributed by atoms with E-state index in [0.29, 0.717) is 5.69 Å². The van der Waals surface area contributed by atoms with E-state index in [2.05, 4.69) is 15.5 Å². The Balaban J connectivity index is 1.70. The Bertz CT molecular complexity index is 1090. The summed E-state index contributed by atoms with van der Waals surface area (Å²) in [5, 5.41) is 11.0. The number of azo groups is 1. The molecule has 0 aromatic heterocycles. The zero-order valence-corrected chi connectivity index (χ0v) is 16.4. The van der Waals surface area contributed by atoms with E-state index in [-0.39, 0.29) is 6.42 Å². The molecule has 7 nitrogen and oxygen atoms in total. The first kappa shape index (κ1) is 19.8. The summed E-state index contributed by atoms with van der Waals surface area (Å²) in [6, 6.07) is 11.2. The summed E-state index contributed by atoms with van der Waals surface area (Å²) in [5.74, 6) is 0. The predicted molar refractivity (Wildman–Crippen MR) is 112 cm³/mol. The number of nitrogen functional groups attached to an aromatic ring is 1. The molecule has 1 aliphatic rings. The average molecular weight is 398 g/mol. The fourth-order valence-electron chi connectivity index (χ4n) is 2.82. The lowest BCUT2D eigenvalue weighted by Gasteiger charge is -2.15. The van der Waals surface area contributed by atoms with Gasteiger partial charge in [0.2, 0.25) is 0 Å². The first-order valence-corrected chi connectivity index (χ1v) is 10.2. The molecular weight excluding hydrogens is 376 g/mol. The molecule has 2 aromatic carbocycles. The summed E-state index contributed by atoms with van der Waals surface area (Å²) in [7, 11) is -4.06. The van der Waals surface area contributed by atoms with Crippen molar-refractivity contribution in [1.29, 1.82) is 0 Å². The quantitative estimate of drug-likeness (QED) is 0.379. The third-order valence-corrected chi connectivity index (χ3v) is 5.53.